The summed E-state index contributed by atoms with van der Waals surface area (Å²) in [4.78, 5) is 0. The van der Waals surface area contributed by atoms with Crippen molar-refractivity contribution in [3.8, 4) is 0 Å². The van der Waals surface area contributed by atoms with Gasteiger partial charge in [-0.25, -0.2) is 0 Å². The summed E-state index contributed by atoms with van der Waals surface area (Å²) in [5.74, 6) is 2.02. The van der Waals surface area contributed by atoms with E-state index in [-0.39, 0.29) is 0 Å². The quantitative estimate of drug-likeness (QED) is 0.596. The van der Waals surface area contributed by atoms with Crippen LogP contribution in [0, 0.1) is 28.1 Å². The molecule has 0 aliphatic heterocycles. The Morgan fingerprint density at radius 1 is 1.12 bits per heavy atom. The van der Waals surface area contributed by atoms with Crippen molar-refractivity contribution in [3.05, 3.63) is 0 Å². The number of fused-ring (bicyclic) bond motifs is 2. The Hall–Kier alpha value is 0. The lowest BCUT2D eigenvalue weighted by atomic mass is 9.65. The van der Waals surface area contributed by atoms with E-state index in [1.165, 1.54) is 32.1 Å². The Morgan fingerprint density at radius 3 is 2.12 bits per heavy atom. The molecule has 0 amide bonds. The number of hydrogen-bond acceptors (Lipinski definition) is 0. The van der Waals surface area contributed by atoms with Crippen LogP contribution in [-0.4, -0.2) is 0 Å². The second kappa shape index (κ2) is 3.50. The molecule has 2 bridgehead atoms. The fraction of sp³-hybridized carbons (Fsp3) is 1.00. The molecular weight excluding hydrogens is 192 g/mol. The van der Waals surface area contributed by atoms with Crippen LogP contribution >= 0.6 is 0 Å². The molecular formula is C16H30. The minimum Gasteiger partial charge on any atom is -0.0602 e. The molecule has 0 spiro atoms. The van der Waals surface area contributed by atoms with Crippen LogP contribution in [0.25, 0.3) is 0 Å². The zero-order valence-corrected chi connectivity index (χ0v) is 12.2. The van der Waals surface area contributed by atoms with Gasteiger partial charge in [0.15, 0.2) is 0 Å². The molecule has 16 heavy (non-hydrogen) atoms. The van der Waals surface area contributed by atoms with E-state index in [4.69, 9.17) is 0 Å². The molecule has 0 heteroatoms. The molecule has 0 N–H and O–H groups in total. The molecule has 0 saturated heterocycles. The van der Waals surface area contributed by atoms with Crippen molar-refractivity contribution in [2.75, 3.05) is 0 Å². The third-order valence-electron chi connectivity index (χ3n) is 6.22. The molecule has 3 atom stereocenters. The highest BCUT2D eigenvalue weighted by atomic mass is 14.6. The summed E-state index contributed by atoms with van der Waals surface area (Å²) in [6, 6.07) is 0. The first-order valence-electron chi connectivity index (χ1n) is 7.17. The van der Waals surface area contributed by atoms with Gasteiger partial charge < -0.3 is 0 Å². The highest BCUT2D eigenvalue weighted by Crippen LogP contribution is 2.69. The Kier molecular flexibility index (Phi) is 2.72. The molecule has 0 nitrogen and oxygen atoms in total. The summed E-state index contributed by atoms with van der Waals surface area (Å²) >= 11 is 0. The summed E-state index contributed by atoms with van der Waals surface area (Å²) in [7, 11) is 0. The van der Waals surface area contributed by atoms with Crippen LogP contribution in [-0.2, 0) is 0 Å². The van der Waals surface area contributed by atoms with Crippen molar-refractivity contribution < 1.29 is 0 Å². The first-order valence-corrected chi connectivity index (χ1v) is 7.17. The molecule has 94 valence electrons. The summed E-state index contributed by atoms with van der Waals surface area (Å²) in [6.45, 7) is 14.8. The molecule has 2 saturated carbocycles. The molecule has 0 aromatic rings. The van der Waals surface area contributed by atoms with Crippen molar-refractivity contribution >= 4 is 0 Å². The van der Waals surface area contributed by atoms with E-state index in [0.29, 0.717) is 16.2 Å². The number of rotatable bonds is 2. The highest BCUT2D eigenvalue weighted by Gasteiger charge is 2.60. The molecule has 2 aliphatic carbocycles. The predicted molar refractivity (Wildman–Crippen MR) is 71.4 cm³/mol. The van der Waals surface area contributed by atoms with Crippen LogP contribution in [0.5, 0.6) is 0 Å². The molecule has 3 unspecified atom stereocenters. The Bertz CT molecular complexity index is 268. The minimum atomic E-state index is 0.516. The molecule has 2 fully saturated rings. The van der Waals surface area contributed by atoms with Crippen molar-refractivity contribution in [3.63, 3.8) is 0 Å². The molecule has 2 aliphatic rings. The zero-order chi connectivity index (χ0) is 12.2. The predicted octanol–water partition coefficient (Wildman–Crippen LogP) is 5.28. The third kappa shape index (κ3) is 1.73. The van der Waals surface area contributed by atoms with Gasteiger partial charge in [0.2, 0.25) is 0 Å². The van der Waals surface area contributed by atoms with Gasteiger partial charge in [0, 0.05) is 0 Å². The smallest absolute Gasteiger partial charge is 0.0243 e. The first kappa shape index (κ1) is 12.5. The lowest BCUT2D eigenvalue weighted by Gasteiger charge is -2.40. The maximum Gasteiger partial charge on any atom is -0.0243 e. The zero-order valence-electron chi connectivity index (χ0n) is 12.2. The van der Waals surface area contributed by atoms with Crippen LogP contribution in [0.4, 0.5) is 0 Å². The van der Waals surface area contributed by atoms with E-state index in [2.05, 4.69) is 41.5 Å². The lowest BCUT2D eigenvalue weighted by Crippen LogP contribution is -2.32. The molecule has 0 radical (unpaired) electrons. The van der Waals surface area contributed by atoms with E-state index < -0.39 is 0 Å². The Balaban J connectivity index is 2.05. The van der Waals surface area contributed by atoms with Gasteiger partial charge in [-0.3, -0.25) is 0 Å². The van der Waals surface area contributed by atoms with Gasteiger partial charge in [-0.2, -0.15) is 0 Å². The van der Waals surface area contributed by atoms with Crippen molar-refractivity contribution in [2.24, 2.45) is 28.1 Å². The molecule has 0 heterocycles. The fourth-order valence-corrected chi connectivity index (χ4v) is 4.41. The summed E-state index contributed by atoms with van der Waals surface area (Å²) in [5.41, 5.74) is 1.76. The summed E-state index contributed by atoms with van der Waals surface area (Å²) in [5, 5.41) is 0. The molecule has 2 rings (SSSR count). The fourth-order valence-electron chi connectivity index (χ4n) is 4.41. The van der Waals surface area contributed by atoms with Crippen LogP contribution in [0.3, 0.4) is 0 Å². The van der Waals surface area contributed by atoms with Gasteiger partial charge in [-0.1, -0.05) is 41.5 Å². The Morgan fingerprint density at radius 2 is 1.75 bits per heavy atom. The second-order valence-corrected chi connectivity index (χ2v) is 8.41. The van der Waals surface area contributed by atoms with E-state index in [0.717, 1.165) is 11.8 Å². The topological polar surface area (TPSA) is 0 Å². The lowest BCUT2D eigenvalue weighted by molar-refractivity contribution is 0.0903. The maximum absolute atomic E-state index is 2.58. The van der Waals surface area contributed by atoms with E-state index in [1.54, 1.807) is 0 Å². The minimum absolute atomic E-state index is 0.516. The monoisotopic (exact) mass is 222 g/mol. The van der Waals surface area contributed by atoms with E-state index in [1.807, 2.05) is 0 Å². The standard InChI is InChI=1S/C16H30/c1-14(2,3)9-7-13-11-12-8-10-16(13,6)15(12,4)5/h12-13H,7-11H2,1-6H3. The highest BCUT2D eigenvalue weighted by molar-refractivity contribution is 5.09. The van der Waals surface area contributed by atoms with E-state index >= 15 is 0 Å². The van der Waals surface area contributed by atoms with Gasteiger partial charge in [0.1, 0.15) is 0 Å². The maximum atomic E-state index is 2.58. The summed E-state index contributed by atoms with van der Waals surface area (Å²) < 4.78 is 0. The second-order valence-electron chi connectivity index (χ2n) is 8.41. The van der Waals surface area contributed by atoms with Crippen LogP contribution in [0.1, 0.15) is 73.6 Å². The van der Waals surface area contributed by atoms with Crippen molar-refractivity contribution in [1.29, 1.82) is 0 Å². The average Bonchev–Trinajstić information content (AvgIpc) is 2.45. The number of hydrogen-bond donors (Lipinski definition) is 0. The average molecular weight is 222 g/mol. The largest absolute Gasteiger partial charge is 0.0602 e. The molecule has 0 aromatic carbocycles. The Labute approximate surface area is 102 Å². The van der Waals surface area contributed by atoms with Gasteiger partial charge in [-0.15, -0.1) is 0 Å². The first-order chi connectivity index (χ1) is 7.17. The van der Waals surface area contributed by atoms with Crippen molar-refractivity contribution in [1.82, 2.24) is 0 Å². The van der Waals surface area contributed by atoms with E-state index in [9.17, 15) is 0 Å². The van der Waals surface area contributed by atoms with Crippen LogP contribution in [0.2, 0.25) is 0 Å². The van der Waals surface area contributed by atoms with Crippen LogP contribution in [0.15, 0.2) is 0 Å². The van der Waals surface area contributed by atoms with Gasteiger partial charge in [-0.05, 0) is 60.2 Å². The van der Waals surface area contributed by atoms with Crippen LogP contribution < -0.4 is 0 Å². The normalized spacial score (nSPS) is 41.6. The van der Waals surface area contributed by atoms with Gasteiger partial charge in [0.05, 0.1) is 0 Å². The van der Waals surface area contributed by atoms with Gasteiger partial charge in [0.25, 0.3) is 0 Å². The summed E-state index contributed by atoms with van der Waals surface area (Å²) in [6.07, 6.45) is 7.35. The van der Waals surface area contributed by atoms with Gasteiger partial charge >= 0.3 is 0 Å². The molecule has 0 aromatic heterocycles. The SMILES string of the molecule is CC(C)(C)CCC1CC2CCC1(C)C2(C)C. The third-order valence-corrected chi connectivity index (χ3v) is 6.22. The van der Waals surface area contributed by atoms with Crippen molar-refractivity contribution in [2.45, 2.75) is 73.6 Å².